The lowest BCUT2D eigenvalue weighted by Gasteiger charge is -2.38. The number of piperidine rings is 1. The summed E-state index contributed by atoms with van der Waals surface area (Å²) in [5.74, 6) is 0. The molecule has 0 aliphatic carbocycles. The highest BCUT2D eigenvalue weighted by Gasteiger charge is 2.26. The summed E-state index contributed by atoms with van der Waals surface area (Å²) in [5, 5.41) is 0. The van der Waals surface area contributed by atoms with Crippen molar-refractivity contribution >= 4 is 0 Å². The van der Waals surface area contributed by atoms with Crippen molar-refractivity contribution in [1.82, 2.24) is 4.90 Å². The molecule has 2 heteroatoms. The lowest BCUT2D eigenvalue weighted by Crippen LogP contribution is -2.39. The van der Waals surface area contributed by atoms with Gasteiger partial charge in [0, 0.05) is 0 Å². The van der Waals surface area contributed by atoms with Gasteiger partial charge in [0.15, 0.2) is 0 Å². The lowest BCUT2D eigenvalue weighted by atomic mass is 9.82. The third-order valence-electron chi connectivity index (χ3n) is 3.87. The molecule has 2 nitrogen and oxygen atoms in total. The van der Waals surface area contributed by atoms with Crippen LogP contribution in [-0.2, 0) is 0 Å². The highest BCUT2D eigenvalue weighted by atomic mass is 15.1. The summed E-state index contributed by atoms with van der Waals surface area (Å²) < 4.78 is 0. The molecule has 0 aromatic rings. The van der Waals surface area contributed by atoms with Crippen LogP contribution in [-0.4, -0.2) is 31.1 Å². The second-order valence-corrected chi connectivity index (χ2v) is 6.62. The Morgan fingerprint density at radius 1 is 1.20 bits per heavy atom. The highest BCUT2D eigenvalue weighted by Crippen LogP contribution is 2.30. The zero-order valence-electron chi connectivity index (χ0n) is 11.0. The van der Waals surface area contributed by atoms with E-state index in [0.717, 1.165) is 6.54 Å². The van der Waals surface area contributed by atoms with Crippen LogP contribution in [0.4, 0.5) is 0 Å². The highest BCUT2D eigenvalue weighted by molar-refractivity contribution is 4.80. The predicted molar refractivity (Wildman–Crippen MR) is 66.9 cm³/mol. The van der Waals surface area contributed by atoms with Crippen LogP contribution in [0.1, 0.15) is 47.0 Å². The number of hydrogen-bond donors (Lipinski definition) is 1. The molecule has 2 N–H and O–H groups in total. The predicted octanol–water partition coefficient (Wildman–Crippen LogP) is 2.48. The number of likely N-dealkylation sites (tertiary alicyclic amines) is 1. The Morgan fingerprint density at radius 3 is 2.20 bits per heavy atom. The lowest BCUT2D eigenvalue weighted by molar-refractivity contribution is 0.119. The van der Waals surface area contributed by atoms with Crippen molar-refractivity contribution in [2.75, 3.05) is 26.2 Å². The van der Waals surface area contributed by atoms with Gasteiger partial charge in [-0.2, -0.15) is 0 Å². The van der Waals surface area contributed by atoms with Gasteiger partial charge in [0.1, 0.15) is 0 Å². The van der Waals surface area contributed by atoms with Gasteiger partial charge in [0.2, 0.25) is 0 Å². The van der Waals surface area contributed by atoms with E-state index in [4.69, 9.17) is 5.73 Å². The molecule has 15 heavy (non-hydrogen) atoms. The minimum Gasteiger partial charge on any atom is -0.330 e. The van der Waals surface area contributed by atoms with Gasteiger partial charge in [-0.1, -0.05) is 27.7 Å². The van der Waals surface area contributed by atoms with E-state index in [1.165, 1.54) is 38.9 Å². The third kappa shape index (κ3) is 4.52. The first-order chi connectivity index (χ1) is 6.85. The molecule has 1 heterocycles. The zero-order chi connectivity index (χ0) is 11.5. The Morgan fingerprint density at radius 2 is 1.73 bits per heavy atom. The summed E-state index contributed by atoms with van der Waals surface area (Å²) in [4.78, 5) is 2.60. The molecule has 1 fully saturated rings. The van der Waals surface area contributed by atoms with Gasteiger partial charge in [-0.3, -0.25) is 0 Å². The van der Waals surface area contributed by atoms with E-state index in [-0.39, 0.29) is 0 Å². The molecule has 0 radical (unpaired) electrons. The molecular formula is C13H28N2. The summed E-state index contributed by atoms with van der Waals surface area (Å²) in [7, 11) is 0. The number of hydrogen-bond acceptors (Lipinski definition) is 2. The molecule has 0 atom stereocenters. The van der Waals surface area contributed by atoms with Gasteiger partial charge in [0.25, 0.3) is 0 Å². The molecule has 0 spiro atoms. The van der Waals surface area contributed by atoms with Crippen molar-refractivity contribution in [1.29, 1.82) is 0 Å². The second kappa shape index (κ2) is 4.84. The monoisotopic (exact) mass is 212 g/mol. The van der Waals surface area contributed by atoms with Gasteiger partial charge in [0.05, 0.1) is 0 Å². The molecular weight excluding hydrogens is 184 g/mol. The van der Waals surface area contributed by atoms with Crippen LogP contribution in [0, 0.1) is 10.8 Å². The SMILES string of the molecule is CC(C)(CN)CCN1CCC(C)(C)CC1. The fourth-order valence-electron chi connectivity index (χ4n) is 1.94. The average Bonchev–Trinajstić information content (AvgIpc) is 2.16. The molecule has 1 saturated heterocycles. The van der Waals surface area contributed by atoms with Gasteiger partial charge >= 0.3 is 0 Å². The summed E-state index contributed by atoms with van der Waals surface area (Å²) >= 11 is 0. The summed E-state index contributed by atoms with van der Waals surface area (Å²) in [6.07, 6.45) is 3.91. The number of nitrogens with two attached hydrogens (primary N) is 1. The first-order valence-electron chi connectivity index (χ1n) is 6.27. The van der Waals surface area contributed by atoms with Gasteiger partial charge in [-0.15, -0.1) is 0 Å². The normalized spacial score (nSPS) is 23.0. The minimum absolute atomic E-state index is 0.312. The number of rotatable bonds is 4. The molecule has 90 valence electrons. The van der Waals surface area contributed by atoms with Gasteiger partial charge < -0.3 is 10.6 Å². The van der Waals surface area contributed by atoms with Crippen LogP contribution in [0.5, 0.6) is 0 Å². The van der Waals surface area contributed by atoms with E-state index in [1.54, 1.807) is 0 Å². The van der Waals surface area contributed by atoms with E-state index in [0.29, 0.717) is 10.8 Å². The smallest absolute Gasteiger partial charge is 0.00132 e. The van der Waals surface area contributed by atoms with Crippen molar-refractivity contribution in [2.24, 2.45) is 16.6 Å². The third-order valence-corrected chi connectivity index (χ3v) is 3.87. The van der Waals surface area contributed by atoms with Crippen molar-refractivity contribution in [3.05, 3.63) is 0 Å². The fraction of sp³-hybridized carbons (Fsp3) is 1.00. The molecule has 0 aromatic carbocycles. The minimum atomic E-state index is 0.312. The Labute approximate surface area is 95.2 Å². The maximum Gasteiger partial charge on any atom is -0.00132 e. The zero-order valence-corrected chi connectivity index (χ0v) is 11.0. The van der Waals surface area contributed by atoms with E-state index in [2.05, 4.69) is 32.6 Å². The van der Waals surface area contributed by atoms with Crippen molar-refractivity contribution in [3.8, 4) is 0 Å². The first-order valence-corrected chi connectivity index (χ1v) is 6.27. The Balaban J connectivity index is 2.25. The maximum atomic E-state index is 5.75. The first kappa shape index (κ1) is 13.0. The van der Waals surface area contributed by atoms with E-state index in [9.17, 15) is 0 Å². The van der Waals surface area contributed by atoms with Crippen molar-refractivity contribution < 1.29 is 0 Å². The molecule has 0 bridgehead atoms. The largest absolute Gasteiger partial charge is 0.330 e. The number of nitrogens with zero attached hydrogens (tertiary/aromatic N) is 1. The van der Waals surface area contributed by atoms with E-state index >= 15 is 0 Å². The van der Waals surface area contributed by atoms with E-state index < -0.39 is 0 Å². The quantitative estimate of drug-likeness (QED) is 0.776. The Hall–Kier alpha value is -0.0800. The van der Waals surface area contributed by atoms with Crippen molar-refractivity contribution in [3.63, 3.8) is 0 Å². The molecule has 1 rings (SSSR count). The molecule has 1 aliphatic rings. The van der Waals surface area contributed by atoms with Crippen molar-refractivity contribution in [2.45, 2.75) is 47.0 Å². The summed E-state index contributed by atoms with van der Waals surface area (Å²) in [6.45, 7) is 13.9. The Bertz CT molecular complexity index is 187. The Kier molecular flexibility index (Phi) is 4.19. The molecule has 0 saturated carbocycles. The van der Waals surface area contributed by atoms with Gasteiger partial charge in [-0.25, -0.2) is 0 Å². The molecule has 0 unspecified atom stereocenters. The van der Waals surface area contributed by atoms with E-state index in [1.807, 2.05) is 0 Å². The van der Waals surface area contributed by atoms with Crippen LogP contribution in [0.3, 0.4) is 0 Å². The second-order valence-electron chi connectivity index (χ2n) is 6.62. The topological polar surface area (TPSA) is 29.3 Å². The molecule has 0 aromatic heterocycles. The fourth-order valence-corrected chi connectivity index (χ4v) is 1.94. The van der Waals surface area contributed by atoms with Crippen LogP contribution in [0.25, 0.3) is 0 Å². The summed E-state index contributed by atoms with van der Waals surface area (Å²) in [5.41, 5.74) is 6.63. The molecule has 0 amide bonds. The maximum absolute atomic E-state index is 5.75. The molecule has 1 aliphatic heterocycles. The average molecular weight is 212 g/mol. The standard InChI is InChI=1S/C13H28N2/c1-12(2)5-8-15(9-6-12)10-7-13(3,4)11-14/h5-11,14H2,1-4H3. The van der Waals surface area contributed by atoms with Crippen LogP contribution in [0.2, 0.25) is 0 Å². The van der Waals surface area contributed by atoms with Crippen LogP contribution in [0.15, 0.2) is 0 Å². The summed E-state index contributed by atoms with van der Waals surface area (Å²) in [6, 6.07) is 0. The van der Waals surface area contributed by atoms with Crippen LogP contribution >= 0.6 is 0 Å². The van der Waals surface area contributed by atoms with Gasteiger partial charge in [-0.05, 0) is 56.3 Å². The van der Waals surface area contributed by atoms with Crippen LogP contribution < -0.4 is 5.73 Å².